The van der Waals surface area contributed by atoms with Gasteiger partial charge in [-0.1, -0.05) is 61.7 Å². The lowest BCUT2D eigenvalue weighted by Crippen LogP contribution is -2.57. The summed E-state index contributed by atoms with van der Waals surface area (Å²) in [5.74, 6) is -1.84. The highest BCUT2D eigenvalue weighted by molar-refractivity contribution is 8.02. The van der Waals surface area contributed by atoms with Crippen LogP contribution in [0.2, 0.25) is 0 Å². The average Bonchev–Trinajstić information content (AvgIpc) is 3.64. The predicted molar refractivity (Wildman–Crippen MR) is 161 cm³/mol. The zero-order chi connectivity index (χ0) is 29.0. The molecule has 4 aliphatic rings. The van der Waals surface area contributed by atoms with Crippen molar-refractivity contribution in [2.45, 2.75) is 92.3 Å². The molecule has 8 heteroatoms. The van der Waals surface area contributed by atoms with Crippen LogP contribution < -0.4 is 0 Å². The van der Waals surface area contributed by atoms with Gasteiger partial charge in [0, 0.05) is 17.8 Å². The summed E-state index contributed by atoms with van der Waals surface area (Å²) in [4.78, 5) is 46.5. The van der Waals surface area contributed by atoms with Crippen molar-refractivity contribution in [2.24, 2.45) is 11.8 Å². The third-order valence-electron chi connectivity index (χ3n) is 9.61. The van der Waals surface area contributed by atoms with Crippen molar-refractivity contribution in [3.63, 3.8) is 0 Å². The van der Waals surface area contributed by atoms with Crippen molar-refractivity contribution in [1.82, 2.24) is 9.80 Å². The molecule has 1 aliphatic carbocycles. The number of carbonyl (C=O) groups excluding carboxylic acids is 3. The molecule has 1 aromatic rings. The van der Waals surface area contributed by atoms with Gasteiger partial charge in [0.15, 0.2) is 0 Å². The molecule has 1 N–H and O–H groups in total. The Balaban J connectivity index is 1.51. The summed E-state index contributed by atoms with van der Waals surface area (Å²) in [5, 5.41) is 10.7. The summed E-state index contributed by atoms with van der Waals surface area (Å²) in [6.07, 6.45) is 12.8. The number of esters is 1. The number of hydrogen-bond donors (Lipinski definition) is 1. The van der Waals surface area contributed by atoms with Crippen molar-refractivity contribution < 1.29 is 24.2 Å². The number of carbonyl (C=O) groups is 3. The van der Waals surface area contributed by atoms with Crippen molar-refractivity contribution in [1.29, 1.82) is 0 Å². The molecule has 2 amide bonds. The fourth-order valence-electron chi connectivity index (χ4n) is 7.77. The minimum Gasteiger partial charge on any atom is -0.465 e. The Bertz CT molecular complexity index is 1120. The summed E-state index contributed by atoms with van der Waals surface area (Å²) < 4.78 is 5.03. The Kier molecular flexibility index (Phi) is 9.59. The molecule has 2 unspecified atom stereocenters. The maximum Gasteiger partial charge on any atom is 0.310 e. The molecule has 3 saturated heterocycles. The van der Waals surface area contributed by atoms with Crippen molar-refractivity contribution >= 4 is 29.5 Å². The lowest BCUT2D eigenvalue weighted by molar-refractivity contribution is -0.154. The molecular weight excluding hydrogens is 536 g/mol. The van der Waals surface area contributed by atoms with E-state index in [-0.39, 0.29) is 35.7 Å². The monoisotopic (exact) mass is 580 g/mol. The van der Waals surface area contributed by atoms with Gasteiger partial charge in [-0.05, 0) is 50.5 Å². The number of nitrogens with zero attached hydrogens (tertiary/aromatic N) is 2. The molecule has 3 heterocycles. The van der Waals surface area contributed by atoms with Crippen LogP contribution in [0.15, 0.2) is 55.6 Å². The molecule has 5 rings (SSSR count). The van der Waals surface area contributed by atoms with Gasteiger partial charge in [-0.2, -0.15) is 0 Å². The second-order valence-corrected chi connectivity index (χ2v) is 13.5. The predicted octanol–water partition coefficient (Wildman–Crippen LogP) is 5.06. The van der Waals surface area contributed by atoms with Gasteiger partial charge >= 0.3 is 5.97 Å². The first kappa shape index (κ1) is 29.9. The van der Waals surface area contributed by atoms with E-state index in [4.69, 9.17) is 4.74 Å². The van der Waals surface area contributed by atoms with Gasteiger partial charge in [-0.25, -0.2) is 0 Å². The number of rotatable bonds is 13. The third kappa shape index (κ3) is 5.50. The Hall–Kier alpha value is -2.58. The Morgan fingerprint density at radius 3 is 2.56 bits per heavy atom. The minimum atomic E-state index is -0.764. The van der Waals surface area contributed by atoms with Crippen LogP contribution in [0.3, 0.4) is 0 Å². The summed E-state index contributed by atoms with van der Waals surface area (Å²) in [7, 11) is 0. The number of unbranched alkanes of at least 4 members (excludes halogenated alkanes) is 2. The molecule has 1 aromatic carbocycles. The largest absolute Gasteiger partial charge is 0.465 e. The van der Waals surface area contributed by atoms with Gasteiger partial charge in [-0.15, -0.1) is 24.9 Å². The van der Waals surface area contributed by atoms with E-state index in [0.717, 1.165) is 56.9 Å². The maximum absolute atomic E-state index is 14.8. The van der Waals surface area contributed by atoms with Crippen molar-refractivity contribution in [3.05, 3.63) is 61.2 Å². The average molecular weight is 581 g/mol. The second kappa shape index (κ2) is 13.2. The topological polar surface area (TPSA) is 87.2 Å². The summed E-state index contributed by atoms with van der Waals surface area (Å²) in [6, 6.07) is 8.11. The van der Waals surface area contributed by atoms with E-state index in [1.165, 1.54) is 6.42 Å². The van der Waals surface area contributed by atoms with Crippen LogP contribution in [0.1, 0.15) is 75.8 Å². The lowest BCUT2D eigenvalue weighted by atomic mass is 9.71. The van der Waals surface area contributed by atoms with Gasteiger partial charge in [0.25, 0.3) is 0 Å². The number of ether oxygens (including phenoxy) is 1. The van der Waals surface area contributed by atoms with Gasteiger partial charge in [0.05, 0.1) is 35.8 Å². The van der Waals surface area contributed by atoms with Crippen LogP contribution in [0.4, 0.5) is 0 Å². The number of amides is 2. The first-order valence-corrected chi connectivity index (χ1v) is 16.2. The third-order valence-corrected chi connectivity index (χ3v) is 11.6. The highest BCUT2D eigenvalue weighted by Crippen LogP contribution is 2.67. The molecule has 1 saturated carbocycles. The number of likely N-dealkylation sites (tertiary alicyclic amines) is 1. The van der Waals surface area contributed by atoms with Crippen LogP contribution in [-0.4, -0.2) is 74.5 Å². The molecular formula is C33H44N2O5S. The fourth-order valence-corrected chi connectivity index (χ4v) is 9.96. The maximum atomic E-state index is 14.8. The van der Waals surface area contributed by atoms with E-state index in [1.54, 1.807) is 22.7 Å². The second-order valence-electron chi connectivity index (χ2n) is 11.9. The number of aliphatic hydroxyl groups is 1. The number of thioether (sulfide) groups is 1. The minimum absolute atomic E-state index is 0.0473. The number of hydrogen-bond acceptors (Lipinski definition) is 6. The highest BCUT2D eigenvalue weighted by Gasteiger charge is 2.75. The van der Waals surface area contributed by atoms with Gasteiger partial charge in [0.1, 0.15) is 6.04 Å². The molecule has 7 nitrogen and oxygen atoms in total. The van der Waals surface area contributed by atoms with Crippen molar-refractivity contribution in [2.75, 3.05) is 19.8 Å². The van der Waals surface area contributed by atoms with E-state index < -0.39 is 28.7 Å². The van der Waals surface area contributed by atoms with Crippen LogP contribution in [-0.2, 0) is 19.1 Å². The first-order chi connectivity index (χ1) is 20.0. The smallest absolute Gasteiger partial charge is 0.310 e. The molecule has 0 radical (unpaired) electrons. The van der Waals surface area contributed by atoms with E-state index in [0.29, 0.717) is 19.6 Å². The molecule has 0 aromatic heterocycles. The first-order valence-electron chi connectivity index (χ1n) is 15.3. The fraction of sp³-hybridized carbons (Fsp3) is 0.606. The quantitative estimate of drug-likeness (QED) is 0.199. The molecule has 2 bridgehead atoms. The molecule has 3 aliphatic heterocycles. The number of fused-ring (bicyclic) bond motifs is 1. The van der Waals surface area contributed by atoms with E-state index in [1.807, 2.05) is 41.3 Å². The van der Waals surface area contributed by atoms with Crippen LogP contribution >= 0.6 is 11.8 Å². The Morgan fingerprint density at radius 1 is 1.12 bits per heavy atom. The van der Waals surface area contributed by atoms with Crippen LogP contribution in [0, 0.1) is 11.8 Å². The zero-order valence-electron chi connectivity index (χ0n) is 24.0. The highest BCUT2D eigenvalue weighted by atomic mass is 32.2. The van der Waals surface area contributed by atoms with E-state index >= 15 is 0 Å². The van der Waals surface area contributed by atoms with Gasteiger partial charge in [-0.3, -0.25) is 14.4 Å². The number of benzene rings is 1. The number of aliphatic hydroxyl groups excluding tert-OH is 1. The molecule has 222 valence electrons. The van der Waals surface area contributed by atoms with E-state index in [2.05, 4.69) is 13.2 Å². The normalized spacial score (nSPS) is 29.7. The summed E-state index contributed by atoms with van der Waals surface area (Å²) in [5.41, 5.74) is 0.784. The van der Waals surface area contributed by atoms with Crippen LogP contribution in [0.25, 0.3) is 0 Å². The molecule has 1 spiro atoms. The van der Waals surface area contributed by atoms with Gasteiger partial charge in [0.2, 0.25) is 11.8 Å². The van der Waals surface area contributed by atoms with E-state index in [9.17, 15) is 19.5 Å². The lowest BCUT2D eigenvalue weighted by Gasteiger charge is -2.42. The molecule has 6 atom stereocenters. The van der Waals surface area contributed by atoms with Gasteiger partial charge < -0.3 is 19.6 Å². The summed E-state index contributed by atoms with van der Waals surface area (Å²) >= 11 is 1.65. The van der Waals surface area contributed by atoms with Crippen molar-refractivity contribution in [3.8, 4) is 0 Å². The summed E-state index contributed by atoms with van der Waals surface area (Å²) in [6.45, 7) is 8.12. The Morgan fingerprint density at radius 2 is 1.88 bits per heavy atom. The Labute approximate surface area is 248 Å². The zero-order valence-corrected chi connectivity index (χ0v) is 24.8. The molecule has 41 heavy (non-hydrogen) atoms. The van der Waals surface area contributed by atoms with Crippen LogP contribution in [0.5, 0.6) is 0 Å². The molecule has 4 fully saturated rings. The number of allylic oxidation sites excluding steroid dienone is 1. The standard InChI is InChI=1S/C33H44N2O5S/c1-3-5-6-13-21-40-32(39)27-26-18-19-33(41-26)28(27)30(37)35(25(22-36)23-14-9-7-10-15-23)29(33)31(38)34(20-4-2)24-16-11-8-12-17-24/h3-4,7,9-10,14-15,24-29,36H,1-2,5-6,8,11-13,16-22H2/t25-,26+,27-,28+,29?,33?/m1/s1. The SMILES string of the molecule is C=CCCCCOC(=O)[C@@H]1[C@@H]2CCC3(S2)C(C(=O)N(CC=C)C2CCCCC2)N([C@H](CO)c2ccccc2)C(=O)[C@H]13.